The Morgan fingerprint density at radius 2 is 2.05 bits per heavy atom. The summed E-state index contributed by atoms with van der Waals surface area (Å²) in [5, 5.41) is 2.86. The summed E-state index contributed by atoms with van der Waals surface area (Å²) in [7, 11) is 5.11. The van der Waals surface area contributed by atoms with Gasteiger partial charge >= 0.3 is 0 Å². The minimum Gasteiger partial charge on any atom is -0.497 e. The molecule has 112 valence electrons. The maximum Gasteiger partial charge on any atom is 0.238 e. The van der Waals surface area contributed by atoms with Gasteiger partial charge in [0.25, 0.3) is 0 Å². The van der Waals surface area contributed by atoms with Crippen LogP contribution in [0.15, 0.2) is 18.2 Å². The summed E-state index contributed by atoms with van der Waals surface area (Å²) < 4.78 is 10.4. The van der Waals surface area contributed by atoms with E-state index in [1.54, 1.807) is 32.4 Å². The SMILES string of the molecule is CCCCN(C)CC(=O)Nc1cc(OC)ccc1OC. The van der Waals surface area contributed by atoms with Gasteiger partial charge in [0.2, 0.25) is 5.91 Å². The fraction of sp³-hybridized carbons (Fsp3) is 0.533. The number of likely N-dealkylation sites (N-methyl/N-ethyl adjacent to an activating group) is 1. The molecule has 20 heavy (non-hydrogen) atoms. The zero-order chi connectivity index (χ0) is 15.0. The maximum absolute atomic E-state index is 12.0. The highest BCUT2D eigenvalue weighted by molar-refractivity contribution is 5.93. The van der Waals surface area contributed by atoms with E-state index >= 15 is 0 Å². The van der Waals surface area contributed by atoms with Crippen LogP contribution in [0.3, 0.4) is 0 Å². The van der Waals surface area contributed by atoms with Gasteiger partial charge < -0.3 is 14.8 Å². The van der Waals surface area contributed by atoms with Crippen LogP contribution in [0, 0.1) is 0 Å². The number of unbranched alkanes of at least 4 members (excludes halogenated alkanes) is 1. The van der Waals surface area contributed by atoms with Crippen LogP contribution in [-0.4, -0.2) is 45.2 Å². The molecule has 0 heterocycles. The molecule has 0 aliphatic rings. The van der Waals surface area contributed by atoms with Gasteiger partial charge in [0.05, 0.1) is 26.5 Å². The molecule has 1 rings (SSSR count). The van der Waals surface area contributed by atoms with Crippen molar-refractivity contribution in [2.45, 2.75) is 19.8 Å². The number of ether oxygens (including phenoxy) is 2. The number of carbonyl (C=O) groups is 1. The van der Waals surface area contributed by atoms with Crippen LogP contribution in [-0.2, 0) is 4.79 Å². The Morgan fingerprint density at radius 1 is 1.30 bits per heavy atom. The maximum atomic E-state index is 12.0. The van der Waals surface area contributed by atoms with Gasteiger partial charge in [0.1, 0.15) is 11.5 Å². The number of benzene rings is 1. The molecule has 0 atom stereocenters. The van der Waals surface area contributed by atoms with Gasteiger partial charge in [-0.15, -0.1) is 0 Å². The molecule has 1 amide bonds. The number of nitrogens with one attached hydrogen (secondary N) is 1. The highest BCUT2D eigenvalue weighted by Gasteiger charge is 2.10. The number of anilines is 1. The molecule has 0 saturated heterocycles. The molecule has 0 fully saturated rings. The first-order valence-electron chi connectivity index (χ1n) is 6.81. The third kappa shape index (κ3) is 5.09. The summed E-state index contributed by atoms with van der Waals surface area (Å²) in [6, 6.07) is 5.32. The Bertz CT molecular complexity index is 435. The van der Waals surface area contributed by atoms with Crippen LogP contribution < -0.4 is 14.8 Å². The van der Waals surface area contributed by atoms with Crippen molar-refractivity contribution in [2.75, 3.05) is 39.7 Å². The summed E-state index contributed by atoms with van der Waals surface area (Å²) in [5.74, 6) is 1.24. The van der Waals surface area contributed by atoms with Crippen molar-refractivity contribution >= 4 is 11.6 Å². The van der Waals surface area contributed by atoms with Gasteiger partial charge in [-0.25, -0.2) is 0 Å². The van der Waals surface area contributed by atoms with Crippen LogP contribution in [0.25, 0.3) is 0 Å². The standard InChI is InChI=1S/C15H24N2O3/c1-5-6-9-17(2)11-15(18)16-13-10-12(19-3)7-8-14(13)20-4/h7-8,10H,5-6,9,11H2,1-4H3,(H,16,18). The van der Waals surface area contributed by atoms with E-state index in [0.717, 1.165) is 19.4 Å². The Labute approximate surface area is 120 Å². The largest absolute Gasteiger partial charge is 0.497 e. The summed E-state index contributed by atoms with van der Waals surface area (Å²) in [6.45, 7) is 3.41. The smallest absolute Gasteiger partial charge is 0.238 e. The van der Waals surface area contributed by atoms with Crippen LogP contribution in [0.2, 0.25) is 0 Å². The second kappa shape index (κ2) is 8.43. The molecule has 1 aromatic carbocycles. The van der Waals surface area contributed by atoms with Crippen molar-refractivity contribution in [1.82, 2.24) is 4.90 Å². The molecule has 5 nitrogen and oxygen atoms in total. The lowest BCUT2D eigenvalue weighted by Gasteiger charge is -2.17. The summed E-state index contributed by atoms with van der Waals surface area (Å²) in [4.78, 5) is 14.0. The number of hydrogen-bond donors (Lipinski definition) is 1. The molecule has 0 radical (unpaired) electrons. The average Bonchev–Trinajstić information content (AvgIpc) is 2.44. The summed E-state index contributed by atoms with van der Waals surface area (Å²) >= 11 is 0. The van der Waals surface area contributed by atoms with Crippen LogP contribution in [0.1, 0.15) is 19.8 Å². The zero-order valence-corrected chi connectivity index (χ0v) is 12.7. The molecule has 0 aromatic heterocycles. The van der Waals surface area contributed by atoms with E-state index < -0.39 is 0 Å². The van der Waals surface area contributed by atoms with E-state index in [-0.39, 0.29) is 5.91 Å². The molecule has 0 bridgehead atoms. The highest BCUT2D eigenvalue weighted by Crippen LogP contribution is 2.28. The zero-order valence-electron chi connectivity index (χ0n) is 12.7. The van der Waals surface area contributed by atoms with Gasteiger partial charge in [-0.1, -0.05) is 13.3 Å². The fourth-order valence-corrected chi connectivity index (χ4v) is 1.85. The van der Waals surface area contributed by atoms with Gasteiger partial charge in [-0.05, 0) is 32.1 Å². The van der Waals surface area contributed by atoms with E-state index in [9.17, 15) is 4.79 Å². The Morgan fingerprint density at radius 3 is 2.65 bits per heavy atom. The van der Waals surface area contributed by atoms with E-state index in [2.05, 4.69) is 12.2 Å². The fourth-order valence-electron chi connectivity index (χ4n) is 1.85. The van der Waals surface area contributed by atoms with Crippen molar-refractivity contribution in [3.05, 3.63) is 18.2 Å². The molecule has 0 unspecified atom stereocenters. The molecule has 0 aliphatic carbocycles. The Balaban J connectivity index is 2.64. The Hall–Kier alpha value is -1.75. The van der Waals surface area contributed by atoms with E-state index in [1.807, 2.05) is 11.9 Å². The lowest BCUT2D eigenvalue weighted by molar-refractivity contribution is -0.117. The highest BCUT2D eigenvalue weighted by atomic mass is 16.5. The van der Waals surface area contributed by atoms with Crippen molar-refractivity contribution in [1.29, 1.82) is 0 Å². The first kappa shape index (κ1) is 16.3. The second-order valence-electron chi connectivity index (χ2n) is 4.71. The van der Waals surface area contributed by atoms with Crippen LogP contribution in [0.4, 0.5) is 5.69 Å². The van der Waals surface area contributed by atoms with Crippen molar-refractivity contribution < 1.29 is 14.3 Å². The molecule has 1 N–H and O–H groups in total. The van der Waals surface area contributed by atoms with Crippen LogP contribution in [0.5, 0.6) is 11.5 Å². The van der Waals surface area contributed by atoms with Crippen molar-refractivity contribution in [3.63, 3.8) is 0 Å². The predicted octanol–water partition coefficient (Wildman–Crippen LogP) is 2.37. The quantitative estimate of drug-likeness (QED) is 0.794. The molecule has 0 spiro atoms. The van der Waals surface area contributed by atoms with E-state index in [0.29, 0.717) is 23.7 Å². The minimum absolute atomic E-state index is 0.0600. The first-order chi connectivity index (χ1) is 9.60. The second-order valence-corrected chi connectivity index (χ2v) is 4.71. The molecule has 0 saturated carbocycles. The molecular formula is C15H24N2O3. The van der Waals surface area contributed by atoms with Crippen LogP contribution >= 0.6 is 0 Å². The van der Waals surface area contributed by atoms with Gasteiger partial charge in [-0.2, -0.15) is 0 Å². The number of amides is 1. The monoisotopic (exact) mass is 280 g/mol. The van der Waals surface area contributed by atoms with Gasteiger partial charge in [0.15, 0.2) is 0 Å². The third-order valence-electron chi connectivity index (χ3n) is 2.99. The molecule has 1 aromatic rings. The van der Waals surface area contributed by atoms with E-state index in [1.165, 1.54) is 0 Å². The lowest BCUT2D eigenvalue weighted by Crippen LogP contribution is -2.30. The molecule has 5 heteroatoms. The third-order valence-corrected chi connectivity index (χ3v) is 2.99. The summed E-state index contributed by atoms with van der Waals surface area (Å²) in [5.41, 5.74) is 0.626. The molecular weight excluding hydrogens is 256 g/mol. The number of hydrogen-bond acceptors (Lipinski definition) is 4. The van der Waals surface area contributed by atoms with E-state index in [4.69, 9.17) is 9.47 Å². The number of carbonyl (C=O) groups excluding carboxylic acids is 1. The minimum atomic E-state index is -0.0600. The lowest BCUT2D eigenvalue weighted by atomic mass is 10.2. The topological polar surface area (TPSA) is 50.8 Å². The normalized spacial score (nSPS) is 10.4. The first-order valence-corrected chi connectivity index (χ1v) is 6.81. The predicted molar refractivity (Wildman–Crippen MR) is 80.6 cm³/mol. The number of nitrogens with zero attached hydrogens (tertiary/aromatic N) is 1. The van der Waals surface area contributed by atoms with Crippen molar-refractivity contribution in [2.24, 2.45) is 0 Å². The molecule has 0 aliphatic heterocycles. The number of rotatable bonds is 8. The summed E-state index contributed by atoms with van der Waals surface area (Å²) in [6.07, 6.45) is 2.21. The van der Waals surface area contributed by atoms with Gasteiger partial charge in [0, 0.05) is 6.07 Å². The number of methoxy groups -OCH3 is 2. The Kier molecular flexibility index (Phi) is 6.87. The van der Waals surface area contributed by atoms with Gasteiger partial charge in [-0.3, -0.25) is 9.69 Å². The average molecular weight is 280 g/mol. The van der Waals surface area contributed by atoms with Crippen molar-refractivity contribution in [3.8, 4) is 11.5 Å².